The van der Waals surface area contributed by atoms with Crippen molar-refractivity contribution in [3.63, 3.8) is 0 Å². The van der Waals surface area contributed by atoms with Crippen LogP contribution in [0.2, 0.25) is 0 Å². The van der Waals surface area contributed by atoms with E-state index in [0.29, 0.717) is 18.5 Å². The van der Waals surface area contributed by atoms with Crippen LogP contribution in [0.15, 0.2) is 5.51 Å². The van der Waals surface area contributed by atoms with Crippen LogP contribution in [0.1, 0.15) is 35.1 Å². The molecule has 2 N–H and O–H groups in total. The van der Waals surface area contributed by atoms with Crippen molar-refractivity contribution >= 4 is 17.2 Å². The molecule has 0 bridgehead atoms. The van der Waals surface area contributed by atoms with Gasteiger partial charge in [0, 0.05) is 12.6 Å². The molecule has 1 aromatic heterocycles. The molecule has 0 spiro atoms. The molecule has 94 valence electrons. The molecular formula is C12H19N3OS. The van der Waals surface area contributed by atoms with Gasteiger partial charge in [0.2, 0.25) is 0 Å². The molecule has 1 aliphatic heterocycles. The Balaban J connectivity index is 2.15. The molecule has 0 radical (unpaired) electrons. The molecule has 4 nitrogen and oxygen atoms in total. The Hall–Kier alpha value is -0.940. The smallest absolute Gasteiger partial charge is 0.266 e. The van der Waals surface area contributed by atoms with Crippen LogP contribution in [0.5, 0.6) is 0 Å². The van der Waals surface area contributed by atoms with Gasteiger partial charge in [-0.3, -0.25) is 4.79 Å². The summed E-state index contributed by atoms with van der Waals surface area (Å²) in [7, 11) is 0. The molecule has 0 saturated carbocycles. The van der Waals surface area contributed by atoms with Gasteiger partial charge in [0.1, 0.15) is 4.88 Å². The normalized spacial score (nSPS) is 25.0. The van der Waals surface area contributed by atoms with E-state index in [2.05, 4.69) is 11.9 Å². The number of hydrogen-bond acceptors (Lipinski definition) is 4. The summed E-state index contributed by atoms with van der Waals surface area (Å²) >= 11 is 1.43. The summed E-state index contributed by atoms with van der Waals surface area (Å²) in [5.41, 5.74) is 8.28. The van der Waals surface area contributed by atoms with Gasteiger partial charge in [-0.05, 0) is 39.2 Å². The van der Waals surface area contributed by atoms with E-state index in [9.17, 15) is 4.79 Å². The Bertz CT molecular complexity index is 404. The zero-order chi connectivity index (χ0) is 12.4. The predicted molar refractivity (Wildman–Crippen MR) is 69.1 cm³/mol. The third-order valence-corrected chi connectivity index (χ3v) is 4.43. The average Bonchev–Trinajstić information content (AvgIpc) is 2.75. The molecule has 1 amide bonds. The van der Waals surface area contributed by atoms with E-state index in [1.54, 1.807) is 5.51 Å². The van der Waals surface area contributed by atoms with E-state index in [0.717, 1.165) is 30.0 Å². The van der Waals surface area contributed by atoms with Crippen molar-refractivity contribution in [3.8, 4) is 0 Å². The Morgan fingerprint density at radius 2 is 2.41 bits per heavy atom. The molecular weight excluding hydrogens is 234 g/mol. The van der Waals surface area contributed by atoms with Gasteiger partial charge >= 0.3 is 0 Å². The summed E-state index contributed by atoms with van der Waals surface area (Å²) in [6.45, 7) is 5.45. The fourth-order valence-corrected chi connectivity index (χ4v) is 3.05. The number of nitrogens with zero attached hydrogens (tertiary/aromatic N) is 2. The fraction of sp³-hybridized carbons (Fsp3) is 0.667. The van der Waals surface area contributed by atoms with Gasteiger partial charge in [-0.15, -0.1) is 11.3 Å². The van der Waals surface area contributed by atoms with Gasteiger partial charge in [0.05, 0.1) is 11.2 Å². The zero-order valence-electron chi connectivity index (χ0n) is 10.3. The van der Waals surface area contributed by atoms with Crippen molar-refractivity contribution in [1.82, 2.24) is 9.88 Å². The highest BCUT2D eigenvalue weighted by molar-refractivity contribution is 7.11. The second kappa shape index (κ2) is 5.14. The lowest BCUT2D eigenvalue weighted by molar-refractivity contribution is 0.0571. The van der Waals surface area contributed by atoms with Crippen molar-refractivity contribution in [2.75, 3.05) is 13.1 Å². The molecule has 1 fully saturated rings. The third-order valence-electron chi connectivity index (χ3n) is 3.51. The van der Waals surface area contributed by atoms with Crippen LogP contribution < -0.4 is 5.73 Å². The minimum absolute atomic E-state index is 0.121. The fourth-order valence-electron chi connectivity index (χ4n) is 2.30. The van der Waals surface area contributed by atoms with Crippen molar-refractivity contribution < 1.29 is 4.79 Å². The predicted octanol–water partition coefficient (Wildman–Crippen LogP) is 1.65. The molecule has 17 heavy (non-hydrogen) atoms. The minimum Gasteiger partial charge on any atom is -0.335 e. The van der Waals surface area contributed by atoms with Crippen LogP contribution in [0.4, 0.5) is 0 Å². The number of hydrogen-bond donors (Lipinski definition) is 1. The zero-order valence-corrected chi connectivity index (χ0v) is 11.2. The number of nitrogens with two attached hydrogens (primary N) is 1. The Morgan fingerprint density at radius 3 is 3.00 bits per heavy atom. The van der Waals surface area contributed by atoms with Crippen LogP contribution in [0.25, 0.3) is 0 Å². The van der Waals surface area contributed by atoms with Gasteiger partial charge < -0.3 is 10.6 Å². The molecule has 1 aliphatic rings. The van der Waals surface area contributed by atoms with E-state index >= 15 is 0 Å². The maximum Gasteiger partial charge on any atom is 0.266 e. The second-order valence-corrected chi connectivity index (χ2v) is 5.61. The first-order valence-electron chi connectivity index (χ1n) is 6.04. The summed E-state index contributed by atoms with van der Waals surface area (Å²) in [4.78, 5) is 19.3. The lowest BCUT2D eigenvalue weighted by Gasteiger charge is -2.37. The number of aryl methyl sites for hydroxylation is 1. The maximum absolute atomic E-state index is 12.4. The number of rotatable bonds is 2. The highest BCUT2D eigenvalue weighted by atomic mass is 32.1. The van der Waals surface area contributed by atoms with E-state index in [1.807, 2.05) is 11.8 Å². The summed E-state index contributed by atoms with van der Waals surface area (Å²) in [6.07, 6.45) is 2.18. The lowest BCUT2D eigenvalue weighted by atomic mass is 9.93. The third kappa shape index (κ3) is 2.50. The van der Waals surface area contributed by atoms with Gasteiger partial charge in [-0.1, -0.05) is 0 Å². The molecule has 0 aliphatic carbocycles. The van der Waals surface area contributed by atoms with E-state index in [1.165, 1.54) is 11.3 Å². The first-order chi connectivity index (χ1) is 8.13. The number of carbonyl (C=O) groups is 1. The number of amides is 1. The summed E-state index contributed by atoms with van der Waals surface area (Å²) < 4.78 is 0. The first kappa shape index (κ1) is 12.5. The van der Waals surface area contributed by atoms with Crippen LogP contribution in [-0.2, 0) is 0 Å². The second-order valence-electron chi connectivity index (χ2n) is 4.75. The number of carbonyl (C=O) groups excluding carboxylic acids is 1. The quantitative estimate of drug-likeness (QED) is 0.872. The van der Waals surface area contributed by atoms with Gasteiger partial charge in [0.15, 0.2) is 0 Å². The average molecular weight is 253 g/mol. The summed E-state index contributed by atoms with van der Waals surface area (Å²) in [6, 6.07) is 0.312. The minimum atomic E-state index is 0.121. The van der Waals surface area contributed by atoms with Gasteiger partial charge in [-0.25, -0.2) is 4.98 Å². The van der Waals surface area contributed by atoms with E-state index in [-0.39, 0.29) is 5.91 Å². The van der Waals surface area contributed by atoms with Crippen LogP contribution in [0.3, 0.4) is 0 Å². The molecule has 2 heterocycles. The SMILES string of the molecule is Cc1ncsc1C(=O)N1CC(CN)CCC1C. The van der Waals surface area contributed by atoms with Gasteiger partial charge in [-0.2, -0.15) is 0 Å². The molecule has 1 saturated heterocycles. The highest BCUT2D eigenvalue weighted by Gasteiger charge is 2.30. The van der Waals surface area contributed by atoms with Crippen molar-refractivity contribution in [2.24, 2.45) is 11.7 Å². The Labute approximate surface area is 106 Å². The molecule has 1 aromatic rings. The monoisotopic (exact) mass is 253 g/mol. The molecule has 2 unspecified atom stereocenters. The lowest BCUT2D eigenvalue weighted by Crippen LogP contribution is -2.47. The molecule has 5 heteroatoms. The Kier molecular flexibility index (Phi) is 3.79. The van der Waals surface area contributed by atoms with E-state index in [4.69, 9.17) is 5.73 Å². The molecule has 2 atom stereocenters. The summed E-state index contributed by atoms with van der Waals surface area (Å²) in [5.74, 6) is 0.569. The molecule has 2 rings (SSSR count). The van der Waals surface area contributed by atoms with Crippen LogP contribution in [-0.4, -0.2) is 34.9 Å². The maximum atomic E-state index is 12.4. The first-order valence-corrected chi connectivity index (χ1v) is 6.92. The largest absolute Gasteiger partial charge is 0.335 e. The highest BCUT2D eigenvalue weighted by Crippen LogP contribution is 2.25. The molecule has 0 aromatic carbocycles. The van der Waals surface area contributed by atoms with Crippen LogP contribution in [0, 0.1) is 12.8 Å². The number of aromatic nitrogens is 1. The van der Waals surface area contributed by atoms with Crippen molar-refractivity contribution in [1.29, 1.82) is 0 Å². The van der Waals surface area contributed by atoms with Gasteiger partial charge in [0.25, 0.3) is 5.91 Å². The van der Waals surface area contributed by atoms with Crippen molar-refractivity contribution in [3.05, 3.63) is 16.1 Å². The number of piperidine rings is 1. The number of thiazole rings is 1. The summed E-state index contributed by atoms with van der Waals surface area (Å²) in [5, 5.41) is 0. The van der Waals surface area contributed by atoms with E-state index < -0.39 is 0 Å². The number of likely N-dealkylation sites (tertiary alicyclic amines) is 1. The standard InChI is InChI=1S/C12H19N3OS/c1-8-3-4-10(5-13)6-15(8)12(16)11-9(2)14-7-17-11/h7-8,10H,3-6,13H2,1-2H3. The van der Waals surface area contributed by atoms with Crippen LogP contribution >= 0.6 is 11.3 Å². The Morgan fingerprint density at radius 1 is 1.65 bits per heavy atom. The topological polar surface area (TPSA) is 59.2 Å². The van der Waals surface area contributed by atoms with Crippen molar-refractivity contribution in [2.45, 2.75) is 32.7 Å².